The third-order valence-corrected chi connectivity index (χ3v) is 8.57. The molecule has 2 aliphatic heterocycles. The summed E-state index contributed by atoms with van der Waals surface area (Å²) >= 11 is 0. The zero-order valence-corrected chi connectivity index (χ0v) is 26.1. The van der Waals surface area contributed by atoms with Gasteiger partial charge in [0.1, 0.15) is 30.0 Å². The average Bonchev–Trinajstić information content (AvgIpc) is 3.64. The van der Waals surface area contributed by atoms with Crippen LogP contribution in [-0.4, -0.2) is 86.4 Å². The molecule has 1 amide bonds. The molecule has 2 fully saturated rings. The monoisotopic (exact) mass is 639 g/mol. The number of nitriles is 1. The summed E-state index contributed by atoms with van der Waals surface area (Å²) in [5, 5.41) is 13.4. The van der Waals surface area contributed by atoms with Gasteiger partial charge in [0.2, 0.25) is 35.2 Å². The highest BCUT2D eigenvalue weighted by molar-refractivity contribution is 5.87. The van der Waals surface area contributed by atoms with Gasteiger partial charge in [-0.15, -0.1) is 0 Å². The highest BCUT2D eigenvalue weighted by atomic mass is 19.1. The SMILES string of the molecule is C=CC(=O)N1CC[C@H](Oc2cc(O[C@@H](C)[C@@H]3C[C@H](F)CN3C)nc(-c3noc(C(C)(C)c4c(F)cccc4F)n3)n2)C[C@H]1CC#N. The number of carbonyl (C=O) groups excluding carboxylic acids is 1. The second kappa shape index (κ2) is 13.5. The van der Waals surface area contributed by atoms with Crippen LogP contribution in [0.2, 0.25) is 0 Å². The highest BCUT2D eigenvalue weighted by Crippen LogP contribution is 2.35. The van der Waals surface area contributed by atoms with Gasteiger partial charge < -0.3 is 18.9 Å². The molecule has 3 aromatic rings. The zero-order chi connectivity index (χ0) is 33.2. The second-order valence-corrected chi connectivity index (χ2v) is 12.2. The minimum absolute atomic E-state index is 0.0319. The average molecular weight is 640 g/mol. The number of nitrogens with zero attached hydrogens (tertiary/aromatic N) is 7. The van der Waals surface area contributed by atoms with E-state index in [1.807, 2.05) is 18.9 Å². The Morgan fingerprint density at radius 1 is 1.22 bits per heavy atom. The number of ether oxygens (including phenoxy) is 2. The van der Waals surface area contributed by atoms with E-state index in [9.17, 15) is 23.2 Å². The number of hydrogen-bond donors (Lipinski definition) is 0. The van der Waals surface area contributed by atoms with Gasteiger partial charge in [-0.25, -0.2) is 13.2 Å². The van der Waals surface area contributed by atoms with Gasteiger partial charge in [-0.05, 0) is 52.4 Å². The number of likely N-dealkylation sites (tertiary alicyclic amines) is 2. The number of amides is 1. The summed E-state index contributed by atoms with van der Waals surface area (Å²) in [5.41, 5.74) is -1.58. The minimum atomic E-state index is -1.34. The molecule has 0 unspecified atom stereocenters. The third kappa shape index (κ3) is 6.84. The van der Waals surface area contributed by atoms with Gasteiger partial charge in [-0.1, -0.05) is 17.8 Å². The van der Waals surface area contributed by atoms with Crippen LogP contribution in [0, 0.1) is 23.0 Å². The molecule has 2 saturated heterocycles. The summed E-state index contributed by atoms with van der Waals surface area (Å²) in [5.74, 6) is -1.72. The van der Waals surface area contributed by atoms with Crippen LogP contribution in [0.25, 0.3) is 11.6 Å². The topological polar surface area (TPSA) is 130 Å². The van der Waals surface area contributed by atoms with Crippen LogP contribution < -0.4 is 9.47 Å². The molecule has 0 aliphatic carbocycles. The summed E-state index contributed by atoms with van der Waals surface area (Å²) in [6.45, 7) is 9.13. The number of carbonyl (C=O) groups is 1. The fraction of sp³-hybridized carbons (Fsp3) is 0.500. The molecule has 14 heteroatoms. The van der Waals surface area contributed by atoms with Gasteiger partial charge >= 0.3 is 0 Å². The normalized spacial score (nSPS) is 22.7. The van der Waals surface area contributed by atoms with Crippen LogP contribution in [0.3, 0.4) is 0 Å². The molecule has 4 heterocycles. The summed E-state index contributed by atoms with van der Waals surface area (Å²) in [4.78, 5) is 29.2. The fourth-order valence-electron chi connectivity index (χ4n) is 6.18. The Kier molecular flexibility index (Phi) is 9.62. The quantitative estimate of drug-likeness (QED) is 0.286. The Morgan fingerprint density at radius 2 is 1.93 bits per heavy atom. The van der Waals surface area contributed by atoms with E-state index in [1.165, 1.54) is 18.2 Å². The molecule has 0 spiro atoms. The Hall–Kier alpha value is -4.51. The standard InChI is InChI=1S/C32H36F3N7O4/c1-6-27(43)42-13-11-21(15-20(42)10-12-36)45-26-16-25(44-18(2)24-14-19(33)17-41(24)5)37-29(38-26)30-39-31(46-40-30)32(3,4)28-22(34)8-7-9-23(28)35/h6-9,16,18-21,24H,1,10-11,13-15,17H2,2-5H3/t18-,19-,20+,21-,24-/m0/s1. The van der Waals surface area contributed by atoms with Gasteiger partial charge in [-0.2, -0.15) is 20.2 Å². The number of alkyl halides is 1. The van der Waals surface area contributed by atoms with Crippen LogP contribution in [0.15, 0.2) is 41.4 Å². The molecule has 0 saturated carbocycles. The van der Waals surface area contributed by atoms with E-state index in [4.69, 9.17) is 14.0 Å². The van der Waals surface area contributed by atoms with Crippen LogP contribution in [-0.2, 0) is 10.2 Å². The molecular formula is C32H36F3N7O4. The van der Waals surface area contributed by atoms with E-state index in [-0.39, 0.29) is 59.3 Å². The van der Waals surface area contributed by atoms with Crippen molar-refractivity contribution < 1.29 is 32.0 Å². The smallest absolute Gasteiger partial charge is 0.246 e. The lowest BCUT2D eigenvalue weighted by atomic mass is 9.83. The molecule has 5 rings (SSSR count). The van der Waals surface area contributed by atoms with Gasteiger partial charge in [0.15, 0.2) is 0 Å². The summed E-state index contributed by atoms with van der Waals surface area (Å²) in [7, 11) is 1.83. The maximum atomic E-state index is 14.7. The first-order chi connectivity index (χ1) is 21.9. The number of benzene rings is 1. The highest BCUT2D eigenvalue weighted by Gasteiger charge is 2.37. The molecule has 0 bridgehead atoms. The van der Waals surface area contributed by atoms with Gasteiger partial charge in [-0.3, -0.25) is 9.69 Å². The first-order valence-electron chi connectivity index (χ1n) is 15.1. The molecular weight excluding hydrogens is 603 g/mol. The first kappa shape index (κ1) is 32.9. The number of hydrogen-bond acceptors (Lipinski definition) is 10. The lowest BCUT2D eigenvalue weighted by Crippen LogP contribution is -2.48. The lowest BCUT2D eigenvalue weighted by Gasteiger charge is -2.37. The van der Waals surface area contributed by atoms with Gasteiger partial charge in [0.05, 0.1) is 24.0 Å². The van der Waals surface area contributed by atoms with Crippen molar-refractivity contribution in [1.82, 2.24) is 29.9 Å². The molecule has 46 heavy (non-hydrogen) atoms. The maximum Gasteiger partial charge on any atom is 0.246 e. The molecule has 2 aromatic heterocycles. The molecule has 0 radical (unpaired) electrons. The summed E-state index contributed by atoms with van der Waals surface area (Å²) in [6.07, 6.45) is 0.649. The number of rotatable bonds is 10. The molecule has 0 N–H and O–H groups in total. The summed E-state index contributed by atoms with van der Waals surface area (Å²) < 4.78 is 61.4. The summed E-state index contributed by atoms with van der Waals surface area (Å²) in [6, 6.07) is 6.62. The number of piperidine rings is 1. The van der Waals surface area contributed by atoms with E-state index in [0.717, 1.165) is 12.1 Å². The Morgan fingerprint density at radius 3 is 2.59 bits per heavy atom. The predicted molar refractivity (Wildman–Crippen MR) is 159 cm³/mol. The fourth-order valence-corrected chi connectivity index (χ4v) is 6.18. The van der Waals surface area contributed by atoms with Crippen molar-refractivity contribution in [2.24, 2.45) is 0 Å². The Balaban J connectivity index is 1.46. The van der Waals surface area contributed by atoms with Crippen molar-refractivity contribution in [1.29, 1.82) is 5.26 Å². The lowest BCUT2D eigenvalue weighted by molar-refractivity contribution is -0.130. The van der Waals surface area contributed by atoms with Crippen LogP contribution in [0.4, 0.5) is 13.2 Å². The molecule has 11 nitrogen and oxygen atoms in total. The number of aromatic nitrogens is 4. The first-order valence-corrected chi connectivity index (χ1v) is 15.1. The minimum Gasteiger partial charge on any atom is -0.474 e. The number of halogens is 3. The van der Waals surface area contributed by atoms with Crippen molar-refractivity contribution in [3.05, 3.63) is 60.0 Å². The predicted octanol–water partition coefficient (Wildman–Crippen LogP) is 4.78. The Labute approximate surface area is 265 Å². The van der Waals surface area contributed by atoms with Crippen molar-refractivity contribution in [3.63, 3.8) is 0 Å². The van der Waals surface area contributed by atoms with Gasteiger partial charge in [0.25, 0.3) is 0 Å². The van der Waals surface area contributed by atoms with Crippen molar-refractivity contribution >= 4 is 5.91 Å². The maximum absolute atomic E-state index is 14.7. The Bertz CT molecular complexity index is 1610. The molecule has 244 valence electrons. The number of likely N-dealkylation sites (N-methyl/N-ethyl adjacent to an activating group) is 1. The van der Waals surface area contributed by atoms with Crippen LogP contribution in [0.5, 0.6) is 11.8 Å². The zero-order valence-electron chi connectivity index (χ0n) is 26.1. The van der Waals surface area contributed by atoms with E-state index < -0.39 is 35.4 Å². The van der Waals surface area contributed by atoms with Crippen LogP contribution >= 0.6 is 0 Å². The molecule has 5 atom stereocenters. The molecule has 1 aromatic carbocycles. The second-order valence-electron chi connectivity index (χ2n) is 12.2. The van der Waals surface area contributed by atoms with Crippen molar-refractivity contribution in [3.8, 4) is 29.5 Å². The van der Waals surface area contributed by atoms with E-state index in [1.54, 1.807) is 18.7 Å². The third-order valence-electron chi connectivity index (χ3n) is 8.57. The van der Waals surface area contributed by atoms with Crippen molar-refractivity contribution in [2.45, 2.75) is 82.3 Å². The largest absolute Gasteiger partial charge is 0.474 e. The van der Waals surface area contributed by atoms with Crippen molar-refractivity contribution in [2.75, 3.05) is 20.1 Å². The van der Waals surface area contributed by atoms with E-state index in [0.29, 0.717) is 32.4 Å². The van der Waals surface area contributed by atoms with Crippen LogP contribution in [0.1, 0.15) is 57.9 Å². The molecule has 2 aliphatic rings. The van der Waals surface area contributed by atoms with Gasteiger partial charge in [0, 0.05) is 43.6 Å². The van der Waals surface area contributed by atoms with E-state index in [2.05, 4.69) is 32.8 Å². The van der Waals surface area contributed by atoms with E-state index >= 15 is 0 Å².